The van der Waals surface area contributed by atoms with Crippen LogP contribution in [0.5, 0.6) is 0 Å². The molecule has 1 unspecified atom stereocenters. The fourth-order valence-electron chi connectivity index (χ4n) is 2.38. The fourth-order valence-corrected chi connectivity index (χ4v) is 3.15. The standard InChI is InChI=1S/C13H15N3O2S/c1-13(18)4-5-16(7-13)11(17)8-2-3-9-10(6-8)19-12(14)15-9/h2-3,6,18H,4-5,7H2,1H3,(H2,14,15). The smallest absolute Gasteiger partial charge is 0.254 e. The van der Waals surface area contributed by atoms with Crippen molar-refractivity contribution in [2.24, 2.45) is 0 Å². The van der Waals surface area contributed by atoms with Crippen molar-refractivity contribution in [3.63, 3.8) is 0 Å². The van der Waals surface area contributed by atoms with E-state index in [-0.39, 0.29) is 5.91 Å². The molecule has 100 valence electrons. The number of rotatable bonds is 1. The number of thiazole rings is 1. The second-order valence-electron chi connectivity index (χ2n) is 5.21. The molecule has 1 aromatic carbocycles. The number of fused-ring (bicyclic) bond motifs is 1. The van der Waals surface area contributed by atoms with E-state index < -0.39 is 5.60 Å². The van der Waals surface area contributed by atoms with Crippen LogP contribution in [-0.4, -0.2) is 39.6 Å². The minimum absolute atomic E-state index is 0.0494. The molecular weight excluding hydrogens is 262 g/mol. The van der Waals surface area contributed by atoms with Crippen LogP contribution in [0.4, 0.5) is 5.13 Å². The van der Waals surface area contributed by atoms with Crippen LogP contribution in [0.15, 0.2) is 18.2 Å². The molecule has 19 heavy (non-hydrogen) atoms. The molecule has 1 aliphatic heterocycles. The van der Waals surface area contributed by atoms with Gasteiger partial charge in [-0.1, -0.05) is 11.3 Å². The molecule has 3 N–H and O–H groups in total. The highest BCUT2D eigenvalue weighted by Gasteiger charge is 2.34. The van der Waals surface area contributed by atoms with Crippen LogP contribution >= 0.6 is 11.3 Å². The molecule has 6 heteroatoms. The highest BCUT2D eigenvalue weighted by Crippen LogP contribution is 2.27. The van der Waals surface area contributed by atoms with Crippen LogP contribution in [0.25, 0.3) is 10.2 Å². The number of carbonyl (C=O) groups is 1. The van der Waals surface area contributed by atoms with Crippen molar-refractivity contribution < 1.29 is 9.90 Å². The van der Waals surface area contributed by atoms with Crippen LogP contribution in [0.1, 0.15) is 23.7 Å². The summed E-state index contributed by atoms with van der Waals surface area (Å²) >= 11 is 1.37. The molecule has 1 saturated heterocycles. The van der Waals surface area contributed by atoms with Gasteiger partial charge in [0, 0.05) is 18.7 Å². The summed E-state index contributed by atoms with van der Waals surface area (Å²) in [4.78, 5) is 18.2. The minimum atomic E-state index is -0.769. The monoisotopic (exact) mass is 277 g/mol. The summed E-state index contributed by atoms with van der Waals surface area (Å²) < 4.78 is 0.911. The highest BCUT2D eigenvalue weighted by atomic mass is 32.1. The fraction of sp³-hybridized carbons (Fsp3) is 0.385. The van der Waals surface area contributed by atoms with Crippen molar-refractivity contribution in [3.05, 3.63) is 23.8 Å². The van der Waals surface area contributed by atoms with Gasteiger partial charge in [0.15, 0.2) is 5.13 Å². The first-order valence-electron chi connectivity index (χ1n) is 6.12. The third-order valence-corrected chi connectivity index (χ3v) is 4.24. The molecule has 1 atom stereocenters. The molecule has 1 aromatic heterocycles. The van der Waals surface area contributed by atoms with Crippen molar-refractivity contribution >= 4 is 32.6 Å². The Hall–Kier alpha value is -1.66. The molecule has 1 amide bonds. The lowest BCUT2D eigenvalue weighted by atomic mass is 10.1. The van der Waals surface area contributed by atoms with Gasteiger partial charge in [-0.2, -0.15) is 0 Å². The Kier molecular flexibility index (Phi) is 2.72. The summed E-state index contributed by atoms with van der Waals surface area (Å²) in [7, 11) is 0. The van der Waals surface area contributed by atoms with Crippen LogP contribution in [0.2, 0.25) is 0 Å². The van der Waals surface area contributed by atoms with E-state index in [4.69, 9.17) is 5.73 Å². The normalized spacial score (nSPS) is 23.2. The molecule has 2 aromatic rings. The average molecular weight is 277 g/mol. The lowest BCUT2D eigenvalue weighted by molar-refractivity contribution is 0.0572. The summed E-state index contributed by atoms with van der Waals surface area (Å²) in [5.74, 6) is -0.0494. The van der Waals surface area contributed by atoms with Crippen LogP contribution in [-0.2, 0) is 0 Å². The number of anilines is 1. The topological polar surface area (TPSA) is 79.5 Å². The molecule has 0 bridgehead atoms. The van der Waals surface area contributed by atoms with Crippen LogP contribution < -0.4 is 5.73 Å². The Morgan fingerprint density at radius 2 is 2.37 bits per heavy atom. The van der Waals surface area contributed by atoms with E-state index in [1.807, 2.05) is 12.1 Å². The van der Waals surface area contributed by atoms with Gasteiger partial charge in [-0.25, -0.2) is 4.98 Å². The van der Waals surface area contributed by atoms with Gasteiger partial charge >= 0.3 is 0 Å². The molecule has 1 aliphatic rings. The lowest BCUT2D eigenvalue weighted by Gasteiger charge is -2.19. The van der Waals surface area contributed by atoms with Gasteiger partial charge in [0.2, 0.25) is 0 Å². The summed E-state index contributed by atoms with van der Waals surface area (Å²) in [5, 5.41) is 10.4. The molecule has 3 rings (SSSR count). The number of aromatic nitrogens is 1. The second-order valence-corrected chi connectivity index (χ2v) is 6.27. The number of amides is 1. The predicted molar refractivity (Wildman–Crippen MR) is 75.2 cm³/mol. The number of likely N-dealkylation sites (tertiary alicyclic amines) is 1. The molecule has 0 saturated carbocycles. The maximum atomic E-state index is 12.4. The summed E-state index contributed by atoms with van der Waals surface area (Å²) in [6.45, 7) is 2.73. The van der Waals surface area contributed by atoms with E-state index >= 15 is 0 Å². The van der Waals surface area contributed by atoms with E-state index in [1.165, 1.54) is 11.3 Å². The average Bonchev–Trinajstić information content (AvgIpc) is 2.88. The first-order valence-corrected chi connectivity index (χ1v) is 6.94. The van der Waals surface area contributed by atoms with Crippen molar-refractivity contribution in [2.45, 2.75) is 18.9 Å². The molecule has 5 nitrogen and oxygen atoms in total. The third-order valence-electron chi connectivity index (χ3n) is 3.39. The van der Waals surface area contributed by atoms with Gasteiger partial charge in [-0.05, 0) is 31.5 Å². The first-order chi connectivity index (χ1) is 8.94. The number of hydrogen-bond donors (Lipinski definition) is 2. The van der Waals surface area contributed by atoms with Gasteiger partial charge in [0.05, 0.1) is 15.8 Å². The zero-order chi connectivity index (χ0) is 13.6. The van der Waals surface area contributed by atoms with E-state index in [2.05, 4.69) is 4.98 Å². The van der Waals surface area contributed by atoms with Crippen molar-refractivity contribution in [1.82, 2.24) is 9.88 Å². The van der Waals surface area contributed by atoms with E-state index in [0.29, 0.717) is 30.2 Å². The van der Waals surface area contributed by atoms with Gasteiger partial charge in [0.25, 0.3) is 5.91 Å². The van der Waals surface area contributed by atoms with Gasteiger partial charge < -0.3 is 15.7 Å². The van der Waals surface area contributed by atoms with Crippen molar-refractivity contribution in [2.75, 3.05) is 18.8 Å². The molecule has 0 spiro atoms. The van der Waals surface area contributed by atoms with Crippen LogP contribution in [0.3, 0.4) is 0 Å². The summed E-state index contributed by atoms with van der Waals surface area (Å²) in [6.07, 6.45) is 0.620. The highest BCUT2D eigenvalue weighted by molar-refractivity contribution is 7.22. The molecule has 0 aliphatic carbocycles. The Labute approximate surface area is 114 Å². The number of nitrogens with zero attached hydrogens (tertiary/aromatic N) is 2. The van der Waals surface area contributed by atoms with Gasteiger partial charge in [-0.15, -0.1) is 0 Å². The maximum Gasteiger partial charge on any atom is 0.254 e. The minimum Gasteiger partial charge on any atom is -0.388 e. The van der Waals surface area contributed by atoms with Gasteiger partial charge in [0.1, 0.15) is 0 Å². The lowest BCUT2D eigenvalue weighted by Crippen LogP contribution is -2.33. The Morgan fingerprint density at radius 3 is 3.05 bits per heavy atom. The van der Waals surface area contributed by atoms with E-state index in [0.717, 1.165) is 10.2 Å². The molecular formula is C13H15N3O2S. The SMILES string of the molecule is CC1(O)CCN(C(=O)c2ccc3nc(N)sc3c2)C1. The number of carbonyl (C=O) groups excluding carboxylic acids is 1. The van der Waals surface area contributed by atoms with E-state index in [9.17, 15) is 9.90 Å². The number of nitrogens with two attached hydrogens (primary N) is 1. The summed E-state index contributed by atoms with van der Waals surface area (Å²) in [5.41, 5.74) is 6.32. The molecule has 1 fully saturated rings. The van der Waals surface area contributed by atoms with Gasteiger partial charge in [-0.3, -0.25) is 4.79 Å². The number of nitrogen functional groups attached to an aromatic ring is 1. The zero-order valence-corrected chi connectivity index (χ0v) is 11.4. The number of hydrogen-bond acceptors (Lipinski definition) is 5. The predicted octanol–water partition coefficient (Wildman–Crippen LogP) is 1.48. The maximum absolute atomic E-state index is 12.4. The second kappa shape index (κ2) is 4.18. The molecule has 0 radical (unpaired) electrons. The van der Waals surface area contributed by atoms with Crippen molar-refractivity contribution in [1.29, 1.82) is 0 Å². The quantitative estimate of drug-likeness (QED) is 0.827. The third kappa shape index (κ3) is 2.29. The Balaban J connectivity index is 1.89. The first kappa shape index (κ1) is 12.4. The van der Waals surface area contributed by atoms with Crippen molar-refractivity contribution in [3.8, 4) is 0 Å². The largest absolute Gasteiger partial charge is 0.388 e. The number of aliphatic hydroxyl groups is 1. The Bertz CT molecular complexity index is 650. The Morgan fingerprint density at radius 1 is 1.58 bits per heavy atom. The van der Waals surface area contributed by atoms with E-state index in [1.54, 1.807) is 17.9 Å². The van der Waals surface area contributed by atoms with Crippen LogP contribution in [0, 0.1) is 0 Å². The number of benzene rings is 1. The number of β-amino-alcohol motifs (C(OH)–C–C–N with tert-alkyl or cyclic N) is 1. The summed E-state index contributed by atoms with van der Waals surface area (Å²) in [6, 6.07) is 5.39. The molecule has 2 heterocycles. The zero-order valence-electron chi connectivity index (χ0n) is 10.6.